The molecule has 108 valence electrons. The molecule has 0 aliphatic heterocycles. The largest absolute Gasteiger partial charge is 0.493 e. The zero-order valence-corrected chi connectivity index (χ0v) is 11.2. The van der Waals surface area contributed by atoms with Crippen molar-refractivity contribution >= 4 is 11.6 Å². The molecule has 0 aromatic heterocycles. The van der Waals surface area contributed by atoms with Crippen LogP contribution in [0.2, 0.25) is 5.02 Å². The smallest absolute Gasteiger partial charge is 0.389 e. The second-order valence-corrected chi connectivity index (χ2v) is 4.32. The minimum Gasteiger partial charge on any atom is -0.493 e. The Kier molecular flexibility index (Phi) is 5.31. The van der Waals surface area contributed by atoms with Gasteiger partial charge in [0.05, 0.1) is 25.3 Å². The molecular formula is C12H14ClF3O3. The van der Waals surface area contributed by atoms with Gasteiger partial charge in [-0.05, 0) is 24.1 Å². The van der Waals surface area contributed by atoms with E-state index in [0.717, 1.165) is 0 Å². The van der Waals surface area contributed by atoms with E-state index in [1.165, 1.54) is 26.4 Å². The van der Waals surface area contributed by atoms with Gasteiger partial charge < -0.3 is 14.6 Å². The Balaban J connectivity index is 2.92. The molecule has 0 radical (unpaired) electrons. The van der Waals surface area contributed by atoms with Gasteiger partial charge in [0.2, 0.25) is 0 Å². The fourth-order valence-corrected chi connectivity index (χ4v) is 1.89. The summed E-state index contributed by atoms with van der Waals surface area (Å²) in [6.07, 6.45) is -7.07. The second-order valence-electron chi connectivity index (χ2n) is 3.91. The van der Waals surface area contributed by atoms with Crippen LogP contribution < -0.4 is 9.47 Å². The molecule has 0 aliphatic rings. The van der Waals surface area contributed by atoms with Crippen LogP contribution in [-0.2, 0) is 0 Å². The molecule has 0 amide bonds. The van der Waals surface area contributed by atoms with E-state index in [-0.39, 0.29) is 22.1 Å². The fraction of sp³-hybridized carbons (Fsp3) is 0.500. The highest BCUT2D eigenvalue weighted by atomic mass is 35.5. The lowest BCUT2D eigenvalue weighted by Crippen LogP contribution is -2.10. The Hall–Kier alpha value is -1.14. The number of aliphatic hydroxyl groups excluding tert-OH is 1. The predicted octanol–water partition coefficient (Wildman–Crippen LogP) is 3.73. The number of ether oxygens (including phenoxy) is 2. The molecule has 1 unspecified atom stereocenters. The van der Waals surface area contributed by atoms with Crippen LogP contribution in [0.15, 0.2) is 12.1 Å². The van der Waals surface area contributed by atoms with Gasteiger partial charge in [-0.3, -0.25) is 0 Å². The summed E-state index contributed by atoms with van der Waals surface area (Å²) >= 11 is 5.91. The minimum absolute atomic E-state index is 0.169. The maximum absolute atomic E-state index is 12.1. The lowest BCUT2D eigenvalue weighted by Gasteiger charge is -2.16. The quantitative estimate of drug-likeness (QED) is 0.900. The van der Waals surface area contributed by atoms with Crippen LogP contribution in [0.5, 0.6) is 11.5 Å². The molecule has 0 heterocycles. The Labute approximate surface area is 113 Å². The molecule has 0 saturated carbocycles. The van der Waals surface area contributed by atoms with Crippen molar-refractivity contribution in [3.63, 3.8) is 0 Å². The minimum atomic E-state index is -4.30. The monoisotopic (exact) mass is 298 g/mol. The van der Waals surface area contributed by atoms with Crippen LogP contribution in [-0.4, -0.2) is 25.5 Å². The summed E-state index contributed by atoms with van der Waals surface area (Å²) in [5.74, 6) is 0.534. The summed E-state index contributed by atoms with van der Waals surface area (Å²) in [6.45, 7) is 0. The summed E-state index contributed by atoms with van der Waals surface area (Å²) in [5.41, 5.74) is 0.256. The zero-order chi connectivity index (χ0) is 14.6. The Bertz CT molecular complexity index is 435. The lowest BCUT2D eigenvalue weighted by molar-refractivity contribution is -0.140. The SMILES string of the molecule is COc1cc(C(O)CCC(F)(F)F)cc(Cl)c1OC. The van der Waals surface area contributed by atoms with Crippen LogP contribution in [0, 0.1) is 0 Å². The van der Waals surface area contributed by atoms with Crippen molar-refractivity contribution in [3.05, 3.63) is 22.7 Å². The predicted molar refractivity (Wildman–Crippen MR) is 64.8 cm³/mol. The van der Waals surface area contributed by atoms with Gasteiger partial charge in [0, 0.05) is 6.42 Å². The Morgan fingerprint density at radius 2 is 1.89 bits per heavy atom. The van der Waals surface area contributed by atoms with Crippen LogP contribution in [0.4, 0.5) is 13.2 Å². The van der Waals surface area contributed by atoms with Crippen molar-refractivity contribution < 1.29 is 27.8 Å². The summed E-state index contributed by atoms with van der Waals surface area (Å²) in [5, 5.41) is 9.91. The van der Waals surface area contributed by atoms with Gasteiger partial charge in [-0.2, -0.15) is 13.2 Å². The number of aliphatic hydroxyl groups is 1. The highest BCUT2D eigenvalue weighted by Gasteiger charge is 2.28. The van der Waals surface area contributed by atoms with Gasteiger partial charge in [0.15, 0.2) is 11.5 Å². The molecule has 1 N–H and O–H groups in total. The van der Waals surface area contributed by atoms with E-state index >= 15 is 0 Å². The third-order valence-corrected chi connectivity index (χ3v) is 2.82. The van der Waals surface area contributed by atoms with Crippen molar-refractivity contribution in [1.29, 1.82) is 0 Å². The van der Waals surface area contributed by atoms with E-state index in [4.69, 9.17) is 21.1 Å². The first-order valence-corrected chi connectivity index (χ1v) is 5.82. The van der Waals surface area contributed by atoms with E-state index < -0.39 is 25.1 Å². The highest BCUT2D eigenvalue weighted by Crippen LogP contribution is 2.38. The summed E-state index contributed by atoms with van der Waals surface area (Å²) in [7, 11) is 2.77. The Morgan fingerprint density at radius 3 is 2.37 bits per heavy atom. The third kappa shape index (κ3) is 4.47. The molecule has 0 fully saturated rings. The summed E-state index contributed by atoms with van der Waals surface area (Å²) < 4.78 is 46.3. The second kappa shape index (κ2) is 6.34. The molecule has 7 heteroatoms. The van der Waals surface area contributed by atoms with Gasteiger partial charge in [0.1, 0.15) is 0 Å². The third-order valence-electron chi connectivity index (χ3n) is 2.54. The first kappa shape index (κ1) is 15.9. The molecule has 1 aromatic carbocycles. The van der Waals surface area contributed by atoms with Crippen LogP contribution in [0.25, 0.3) is 0 Å². The first-order valence-electron chi connectivity index (χ1n) is 5.44. The van der Waals surface area contributed by atoms with E-state index in [1.807, 2.05) is 0 Å². The van der Waals surface area contributed by atoms with Gasteiger partial charge >= 0.3 is 6.18 Å². The van der Waals surface area contributed by atoms with Crippen LogP contribution >= 0.6 is 11.6 Å². The summed E-state index contributed by atoms with van der Waals surface area (Å²) in [4.78, 5) is 0. The molecule has 1 rings (SSSR count). The molecule has 0 saturated heterocycles. The van der Waals surface area contributed by atoms with Gasteiger partial charge in [0.25, 0.3) is 0 Å². The highest BCUT2D eigenvalue weighted by molar-refractivity contribution is 6.32. The van der Waals surface area contributed by atoms with Crippen LogP contribution in [0.1, 0.15) is 24.5 Å². The number of hydrogen-bond acceptors (Lipinski definition) is 3. The molecular weight excluding hydrogens is 285 g/mol. The molecule has 0 spiro atoms. The van der Waals surface area contributed by atoms with E-state index in [9.17, 15) is 18.3 Å². The normalized spacial score (nSPS) is 13.2. The fourth-order valence-electron chi connectivity index (χ4n) is 1.60. The van der Waals surface area contributed by atoms with Crippen molar-refractivity contribution in [2.75, 3.05) is 14.2 Å². The number of alkyl halides is 3. The van der Waals surface area contributed by atoms with Gasteiger partial charge in [-0.25, -0.2) is 0 Å². The molecule has 0 bridgehead atoms. The number of halogens is 4. The summed E-state index contributed by atoms with van der Waals surface area (Å²) in [6, 6.07) is 2.77. The molecule has 0 aliphatic carbocycles. The lowest BCUT2D eigenvalue weighted by atomic mass is 10.0. The molecule has 1 atom stereocenters. The van der Waals surface area contributed by atoms with Crippen molar-refractivity contribution in [2.24, 2.45) is 0 Å². The van der Waals surface area contributed by atoms with E-state index in [2.05, 4.69) is 0 Å². The average Bonchev–Trinajstić information content (AvgIpc) is 2.33. The van der Waals surface area contributed by atoms with E-state index in [1.54, 1.807) is 0 Å². The molecule has 1 aromatic rings. The zero-order valence-electron chi connectivity index (χ0n) is 10.4. The van der Waals surface area contributed by atoms with Crippen molar-refractivity contribution in [3.8, 4) is 11.5 Å². The standard InChI is InChI=1S/C12H14ClF3O3/c1-18-10-6-7(5-8(13)11(10)19-2)9(17)3-4-12(14,15)16/h5-6,9,17H,3-4H2,1-2H3. The first-order chi connectivity index (χ1) is 8.78. The number of rotatable bonds is 5. The molecule has 19 heavy (non-hydrogen) atoms. The van der Waals surface area contributed by atoms with Crippen molar-refractivity contribution in [1.82, 2.24) is 0 Å². The van der Waals surface area contributed by atoms with Gasteiger partial charge in [-0.1, -0.05) is 11.6 Å². The maximum atomic E-state index is 12.1. The number of benzene rings is 1. The van der Waals surface area contributed by atoms with Gasteiger partial charge in [-0.15, -0.1) is 0 Å². The molecule has 3 nitrogen and oxygen atoms in total. The van der Waals surface area contributed by atoms with Crippen LogP contribution in [0.3, 0.4) is 0 Å². The Morgan fingerprint density at radius 1 is 1.26 bits per heavy atom. The average molecular weight is 299 g/mol. The van der Waals surface area contributed by atoms with Crippen molar-refractivity contribution in [2.45, 2.75) is 25.1 Å². The topological polar surface area (TPSA) is 38.7 Å². The maximum Gasteiger partial charge on any atom is 0.389 e. The van der Waals surface area contributed by atoms with E-state index in [0.29, 0.717) is 0 Å². The number of hydrogen-bond donors (Lipinski definition) is 1. The number of methoxy groups -OCH3 is 2.